The van der Waals surface area contributed by atoms with Crippen molar-refractivity contribution in [3.05, 3.63) is 52.9 Å². The predicted molar refractivity (Wildman–Crippen MR) is 114 cm³/mol. The molecular weight excluding hydrogens is 380 g/mol. The van der Waals surface area contributed by atoms with Crippen molar-refractivity contribution in [2.75, 3.05) is 36.5 Å². The number of carbonyl (C=O) groups excluding carboxylic acids is 1. The van der Waals surface area contributed by atoms with E-state index >= 15 is 0 Å². The fraction of sp³-hybridized carbons (Fsp3) is 0.200. The maximum absolute atomic E-state index is 11.6. The summed E-state index contributed by atoms with van der Waals surface area (Å²) >= 11 is 7.17. The Morgan fingerprint density at radius 1 is 1.33 bits per heavy atom. The Hall–Kier alpha value is -2.48. The molecule has 7 heteroatoms. The van der Waals surface area contributed by atoms with Gasteiger partial charge < -0.3 is 19.4 Å². The zero-order chi connectivity index (χ0) is 18.8. The largest absolute Gasteiger partial charge is 0.439 e. The van der Waals surface area contributed by atoms with Gasteiger partial charge in [0.2, 0.25) is 5.91 Å². The van der Waals surface area contributed by atoms with Crippen LogP contribution in [0.15, 0.2) is 52.8 Å². The summed E-state index contributed by atoms with van der Waals surface area (Å²) in [7, 11) is 0. The van der Waals surface area contributed by atoms with Crippen LogP contribution in [0.3, 0.4) is 0 Å². The van der Waals surface area contributed by atoms with Crippen LogP contribution < -0.4 is 10.2 Å². The van der Waals surface area contributed by atoms with E-state index in [0.29, 0.717) is 18.9 Å². The quantitative estimate of drug-likeness (QED) is 0.488. The summed E-state index contributed by atoms with van der Waals surface area (Å²) in [5.74, 6) is 0.529. The fourth-order valence-electron chi connectivity index (χ4n) is 3.03. The molecule has 3 aromatic rings. The average molecular weight is 401 g/mol. The summed E-state index contributed by atoms with van der Waals surface area (Å²) in [5, 5.41) is 4.83. The number of nitrogens with one attached hydrogen (secondary N) is 1. The first-order chi connectivity index (χ1) is 13.2. The van der Waals surface area contributed by atoms with Gasteiger partial charge in [0.1, 0.15) is 0 Å². The monoisotopic (exact) mass is 400 g/mol. The van der Waals surface area contributed by atoms with Crippen molar-refractivity contribution in [3.8, 4) is 11.1 Å². The minimum absolute atomic E-state index is 0. The van der Waals surface area contributed by atoms with Crippen molar-refractivity contribution in [2.24, 2.45) is 0 Å². The zero-order valence-electron chi connectivity index (χ0n) is 14.6. The van der Waals surface area contributed by atoms with Gasteiger partial charge in [-0.15, -0.1) is 11.3 Å². The van der Waals surface area contributed by atoms with Crippen LogP contribution in [-0.2, 0) is 9.53 Å². The van der Waals surface area contributed by atoms with Crippen LogP contribution in [0.5, 0.6) is 0 Å². The van der Waals surface area contributed by atoms with Crippen molar-refractivity contribution >= 4 is 51.3 Å². The predicted octanol–water partition coefficient (Wildman–Crippen LogP) is 5.10. The molecule has 4 rings (SSSR count). The second-order valence-electron chi connectivity index (χ2n) is 6.13. The highest BCUT2D eigenvalue weighted by Crippen LogP contribution is 2.38. The Balaban J connectivity index is 0.00000225. The average Bonchev–Trinajstić information content (AvgIpc) is 3.13. The number of morpholine rings is 1. The van der Waals surface area contributed by atoms with Crippen molar-refractivity contribution in [1.82, 2.24) is 0 Å². The molecule has 1 aliphatic rings. The van der Waals surface area contributed by atoms with E-state index in [1.54, 1.807) is 11.3 Å². The Labute approximate surface area is 167 Å². The molecule has 1 aliphatic heterocycles. The summed E-state index contributed by atoms with van der Waals surface area (Å²) in [6.45, 7) is 6.42. The summed E-state index contributed by atoms with van der Waals surface area (Å²) < 4.78 is 13.4. The van der Waals surface area contributed by atoms with Gasteiger partial charge in [-0.3, -0.25) is 4.79 Å². The Kier molecular flexibility index (Phi) is 5.07. The number of hydrogen-bond acceptors (Lipinski definition) is 6. The third-order valence-electron chi connectivity index (χ3n) is 4.38. The molecule has 1 N–H and O–H groups in total. The molecule has 0 unspecified atom stereocenters. The van der Waals surface area contributed by atoms with Crippen LogP contribution >= 0.6 is 23.6 Å². The number of amides is 1. The summed E-state index contributed by atoms with van der Waals surface area (Å²) in [6, 6.07) is 9.57. The van der Waals surface area contributed by atoms with Gasteiger partial charge in [0.15, 0.2) is 11.5 Å². The molecule has 3 heterocycles. The van der Waals surface area contributed by atoms with Crippen LogP contribution in [0, 0.1) is 4.51 Å². The van der Waals surface area contributed by atoms with Crippen LogP contribution in [0.1, 0.15) is 1.43 Å². The SMILES string of the molecule is C=CC(=O)Nc1cccc(-c2csc3c(=S)cc(N4CCOCC4)oc23)c1.[HH]. The highest BCUT2D eigenvalue weighted by Gasteiger charge is 2.17. The number of nitrogens with zero attached hydrogens (tertiary/aromatic N) is 1. The standard InChI is InChI=1S/C20H18N2O3S2.H2/c1-2-17(23)21-14-5-3-4-13(10-14)15-12-27-20-16(26)11-18(25-19(15)20)22-6-8-24-9-7-22;/h2-5,10-12H,1,6-9H2,(H,21,23);1H. The molecule has 1 fully saturated rings. The van der Waals surface area contributed by atoms with E-state index in [4.69, 9.17) is 21.4 Å². The lowest BCUT2D eigenvalue weighted by Crippen LogP contribution is -2.36. The molecule has 0 saturated carbocycles. The maximum atomic E-state index is 11.6. The van der Waals surface area contributed by atoms with E-state index < -0.39 is 0 Å². The number of anilines is 2. The van der Waals surface area contributed by atoms with Crippen molar-refractivity contribution in [2.45, 2.75) is 0 Å². The van der Waals surface area contributed by atoms with Crippen molar-refractivity contribution in [3.63, 3.8) is 0 Å². The number of carbonyl (C=O) groups is 1. The molecule has 0 bridgehead atoms. The number of ether oxygens (including phenoxy) is 1. The van der Waals surface area contributed by atoms with Gasteiger partial charge in [-0.05, 0) is 23.8 Å². The molecule has 1 aromatic carbocycles. The minimum Gasteiger partial charge on any atom is -0.439 e. The van der Waals surface area contributed by atoms with Gasteiger partial charge in [0.05, 0.1) is 22.4 Å². The smallest absolute Gasteiger partial charge is 0.247 e. The van der Waals surface area contributed by atoms with Gasteiger partial charge in [0.25, 0.3) is 0 Å². The van der Waals surface area contributed by atoms with Crippen molar-refractivity contribution in [1.29, 1.82) is 0 Å². The van der Waals surface area contributed by atoms with E-state index in [9.17, 15) is 4.79 Å². The summed E-state index contributed by atoms with van der Waals surface area (Å²) in [4.78, 5) is 13.7. The number of rotatable bonds is 4. The van der Waals surface area contributed by atoms with E-state index in [1.165, 1.54) is 6.08 Å². The number of hydrogen-bond donors (Lipinski definition) is 1. The van der Waals surface area contributed by atoms with Crippen LogP contribution in [0.25, 0.3) is 21.4 Å². The van der Waals surface area contributed by atoms with E-state index in [1.807, 2.05) is 35.7 Å². The number of benzene rings is 1. The molecule has 0 aliphatic carbocycles. The Morgan fingerprint density at radius 3 is 2.93 bits per heavy atom. The Morgan fingerprint density at radius 2 is 2.15 bits per heavy atom. The normalized spacial score (nSPS) is 14.3. The van der Waals surface area contributed by atoms with Crippen LogP contribution in [-0.4, -0.2) is 32.2 Å². The third-order valence-corrected chi connectivity index (χ3v) is 5.83. The van der Waals surface area contributed by atoms with Gasteiger partial charge in [-0.2, -0.15) is 0 Å². The molecular formula is C20H20N2O3S2. The van der Waals surface area contributed by atoms with Crippen LogP contribution in [0.4, 0.5) is 11.6 Å². The molecule has 0 spiro atoms. The first-order valence-electron chi connectivity index (χ1n) is 8.57. The second kappa shape index (κ2) is 7.64. The molecule has 5 nitrogen and oxygen atoms in total. The molecule has 140 valence electrons. The van der Waals surface area contributed by atoms with Crippen molar-refractivity contribution < 1.29 is 15.4 Å². The topological polar surface area (TPSA) is 54.7 Å². The number of thiophene rings is 1. The fourth-order valence-corrected chi connectivity index (χ4v) is 4.28. The van der Waals surface area contributed by atoms with Gasteiger partial charge >= 0.3 is 0 Å². The lowest BCUT2D eigenvalue weighted by atomic mass is 10.1. The second-order valence-corrected chi connectivity index (χ2v) is 7.45. The van der Waals surface area contributed by atoms with E-state index in [2.05, 4.69) is 16.8 Å². The first-order valence-corrected chi connectivity index (χ1v) is 9.86. The lowest BCUT2D eigenvalue weighted by Gasteiger charge is -2.27. The van der Waals surface area contributed by atoms with Gasteiger partial charge in [0, 0.05) is 37.2 Å². The van der Waals surface area contributed by atoms with Crippen LogP contribution in [0.2, 0.25) is 0 Å². The van der Waals surface area contributed by atoms with E-state index in [-0.39, 0.29) is 7.33 Å². The molecule has 27 heavy (non-hydrogen) atoms. The highest BCUT2D eigenvalue weighted by molar-refractivity contribution is 7.72. The Bertz CT molecular complexity index is 1070. The summed E-state index contributed by atoms with van der Waals surface area (Å²) in [5.41, 5.74) is 3.41. The minimum atomic E-state index is -0.241. The third kappa shape index (κ3) is 3.66. The van der Waals surface area contributed by atoms with Gasteiger partial charge in [-0.1, -0.05) is 30.9 Å². The zero-order valence-corrected chi connectivity index (χ0v) is 16.2. The molecule has 0 atom stereocenters. The highest BCUT2D eigenvalue weighted by atomic mass is 32.1. The van der Waals surface area contributed by atoms with Gasteiger partial charge in [-0.25, -0.2) is 0 Å². The lowest BCUT2D eigenvalue weighted by molar-refractivity contribution is -0.111. The summed E-state index contributed by atoms with van der Waals surface area (Å²) in [6.07, 6.45) is 1.25. The molecule has 0 radical (unpaired) electrons. The van der Waals surface area contributed by atoms with E-state index in [0.717, 1.165) is 44.9 Å². The molecule has 1 amide bonds. The number of fused-ring (bicyclic) bond motifs is 1. The first kappa shape index (κ1) is 17.9. The molecule has 2 aromatic heterocycles. The maximum Gasteiger partial charge on any atom is 0.247 e. The molecule has 1 saturated heterocycles.